The molecule has 176 valence electrons. The van der Waals surface area contributed by atoms with Gasteiger partial charge in [-0.1, -0.05) is 6.07 Å². The van der Waals surface area contributed by atoms with Crippen molar-refractivity contribution >= 4 is 5.69 Å². The third-order valence-corrected chi connectivity index (χ3v) is 4.97. The van der Waals surface area contributed by atoms with Crippen LogP contribution in [0.5, 0.6) is 5.88 Å². The van der Waals surface area contributed by atoms with E-state index in [-0.39, 0.29) is 12.5 Å². The molecule has 3 heterocycles. The zero-order valence-electron chi connectivity index (χ0n) is 17.3. The van der Waals surface area contributed by atoms with E-state index in [0.29, 0.717) is 17.3 Å². The first-order chi connectivity index (χ1) is 16.2. The number of hydrogen-bond donors (Lipinski definition) is 2. The van der Waals surface area contributed by atoms with E-state index in [4.69, 9.17) is 10.5 Å². The standard InChI is InChI=1S/C21H17F4N7O2/c22-14-2-4-16(17(23)7-14)20(33,11-32-12-29-30-31-32)21(24,25)18-5-1-13(8-27-18)10-34-19-6-3-15(26)9-28-19/h1-9,12,33H,10-11,26H2. The summed E-state index contributed by atoms with van der Waals surface area (Å²) >= 11 is 0. The molecule has 34 heavy (non-hydrogen) atoms. The predicted molar refractivity (Wildman–Crippen MR) is 109 cm³/mol. The highest BCUT2D eigenvalue weighted by molar-refractivity contribution is 5.36. The summed E-state index contributed by atoms with van der Waals surface area (Å²) in [5.41, 5.74) is 1.51. The fraction of sp³-hybridized carbons (Fsp3) is 0.190. The van der Waals surface area contributed by atoms with E-state index in [1.807, 2.05) is 0 Å². The lowest BCUT2D eigenvalue weighted by Gasteiger charge is -2.35. The van der Waals surface area contributed by atoms with Crippen molar-refractivity contribution in [1.29, 1.82) is 0 Å². The quantitative estimate of drug-likeness (QED) is 0.373. The summed E-state index contributed by atoms with van der Waals surface area (Å²) in [5, 5.41) is 21.3. The Morgan fingerprint density at radius 2 is 1.85 bits per heavy atom. The third-order valence-electron chi connectivity index (χ3n) is 4.97. The Labute approximate surface area is 189 Å². The molecule has 0 aliphatic heterocycles. The van der Waals surface area contributed by atoms with Gasteiger partial charge in [0.1, 0.15) is 30.3 Å². The smallest absolute Gasteiger partial charge is 0.323 e. The van der Waals surface area contributed by atoms with Crippen molar-refractivity contribution in [3.8, 4) is 5.88 Å². The van der Waals surface area contributed by atoms with Gasteiger partial charge in [0.05, 0.1) is 18.4 Å². The van der Waals surface area contributed by atoms with E-state index in [1.54, 1.807) is 12.1 Å². The molecular formula is C21H17F4N7O2. The highest BCUT2D eigenvalue weighted by Crippen LogP contribution is 2.46. The summed E-state index contributed by atoms with van der Waals surface area (Å²) in [6.07, 6.45) is 3.50. The predicted octanol–water partition coefficient (Wildman–Crippen LogP) is 2.58. The molecule has 0 saturated carbocycles. The normalized spacial score (nSPS) is 13.4. The average molecular weight is 475 g/mol. The highest BCUT2D eigenvalue weighted by atomic mass is 19.3. The third kappa shape index (κ3) is 4.50. The molecule has 0 saturated heterocycles. The first-order valence-corrected chi connectivity index (χ1v) is 9.75. The first-order valence-electron chi connectivity index (χ1n) is 9.75. The molecule has 0 amide bonds. The number of ether oxygens (including phenoxy) is 1. The van der Waals surface area contributed by atoms with E-state index in [2.05, 4.69) is 25.5 Å². The molecule has 0 bridgehead atoms. The number of hydrogen-bond acceptors (Lipinski definition) is 8. The molecule has 1 unspecified atom stereocenters. The van der Waals surface area contributed by atoms with Gasteiger partial charge in [-0.3, -0.25) is 4.98 Å². The summed E-state index contributed by atoms with van der Waals surface area (Å²) in [4.78, 5) is 7.72. The van der Waals surface area contributed by atoms with Crippen molar-refractivity contribution in [2.24, 2.45) is 0 Å². The van der Waals surface area contributed by atoms with Crippen LogP contribution in [0.2, 0.25) is 0 Å². The van der Waals surface area contributed by atoms with Crippen LogP contribution >= 0.6 is 0 Å². The van der Waals surface area contributed by atoms with Crippen LogP contribution in [0.15, 0.2) is 61.2 Å². The van der Waals surface area contributed by atoms with Crippen LogP contribution in [0, 0.1) is 11.6 Å². The Hall–Kier alpha value is -4.13. The van der Waals surface area contributed by atoms with Crippen LogP contribution in [0.25, 0.3) is 0 Å². The molecule has 9 nitrogen and oxygen atoms in total. The second kappa shape index (κ2) is 9.02. The minimum atomic E-state index is -4.14. The number of halogens is 4. The Bertz CT molecular complexity index is 1260. The van der Waals surface area contributed by atoms with Crippen LogP contribution in [0.4, 0.5) is 23.2 Å². The molecular weight excluding hydrogens is 458 g/mol. The lowest BCUT2D eigenvalue weighted by Crippen LogP contribution is -2.48. The van der Waals surface area contributed by atoms with Gasteiger partial charge >= 0.3 is 5.92 Å². The summed E-state index contributed by atoms with van der Waals surface area (Å²) in [5.74, 6) is -6.23. The van der Waals surface area contributed by atoms with Gasteiger partial charge in [0, 0.05) is 29.5 Å². The largest absolute Gasteiger partial charge is 0.473 e. The number of tetrazole rings is 1. The summed E-state index contributed by atoms with van der Waals surface area (Å²) in [6.45, 7) is -0.970. The molecule has 13 heteroatoms. The van der Waals surface area contributed by atoms with Crippen molar-refractivity contribution in [2.45, 2.75) is 24.7 Å². The van der Waals surface area contributed by atoms with Gasteiger partial charge in [0.2, 0.25) is 5.88 Å². The van der Waals surface area contributed by atoms with Crippen LogP contribution in [-0.2, 0) is 24.7 Å². The number of anilines is 1. The topological polar surface area (TPSA) is 125 Å². The van der Waals surface area contributed by atoms with Gasteiger partial charge in [-0.2, -0.15) is 8.78 Å². The monoisotopic (exact) mass is 475 g/mol. The number of nitrogen functional groups attached to an aromatic ring is 1. The molecule has 1 atom stereocenters. The molecule has 0 fully saturated rings. The number of benzene rings is 1. The number of alkyl halides is 2. The van der Waals surface area contributed by atoms with Gasteiger partial charge in [-0.05, 0) is 34.7 Å². The van der Waals surface area contributed by atoms with Gasteiger partial charge in [-0.15, -0.1) is 5.10 Å². The maximum atomic E-state index is 15.7. The molecule has 0 aliphatic carbocycles. The minimum absolute atomic E-state index is 0.0305. The first kappa shape index (κ1) is 23.0. The number of aliphatic hydroxyl groups is 1. The van der Waals surface area contributed by atoms with Gasteiger partial charge < -0.3 is 15.6 Å². The van der Waals surface area contributed by atoms with E-state index in [9.17, 15) is 13.9 Å². The SMILES string of the molecule is Nc1ccc(OCc2ccc(C(F)(F)C(O)(Cn3cnnn3)c3ccc(F)cc3F)nc2)nc1. The van der Waals surface area contributed by atoms with Gasteiger partial charge in [-0.25, -0.2) is 18.4 Å². The molecule has 3 aromatic heterocycles. The maximum absolute atomic E-state index is 15.7. The Kier molecular flexibility index (Phi) is 6.11. The van der Waals surface area contributed by atoms with E-state index in [1.165, 1.54) is 12.3 Å². The lowest BCUT2D eigenvalue weighted by atomic mass is 9.84. The van der Waals surface area contributed by atoms with E-state index < -0.39 is 41.0 Å². The highest BCUT2D eigenvalue weighted by Gasteiger charge is 2.57. The number of pyridine rings is 2. The molecule has 3 N–H and O–H groups in total. The second-order valence-electron chi connectivity index (χ2n) is 7.34. The van der Waals surface area contributed by atoms with Crippen molar-refractivity contribution in [3.63, 3.8) is 0 Å². The molecule has 0 spiro atoms. The summed E-state index contributed by atoms with van der Waals surface area (Å²) in [7, 11) is 0. The van der Waals surface area contributed by atoms with Crippen LogP contribution < -0.4 is 10.5 Å². The Morgan fingerprint density at radius 1 is 1.03 bits per heavy atom. The average Bonchev–Trinajstić information content (AvgIpc) is 3.31. The Morgan fingerprint density at radius 3 is 2.47 bits per heavy atom. The fourth-order valence-electron chi connectivity index (χ4n) is 3.21. The summed E-state index contributed by atoms with van der Waals surface area (Å²) in [6, 6.07) is 7.32. The molecule has 4 rings (SSSR count). The zero-order valence-corrected chi connectivity index (χ0v) is 17.3. The molecule has 4 aromatic rings. The van der Waals surface area contributed by atoms with E-state index in [0.717, 1.165) is 35.4 Å². The number of rotatable bonds is 8. The minimum Gasteiger partial charge on any atom is -0.473 e. The summed E-state index contributed by atoms with van der Waals surface area (Å²) < 4.78 is 65.5. The van der Waals surface area contributed by atoms with Crippen molar-refractivity contribution in [2.75, 3.05) is 5.73 Å². The van der Waals surface area contributed by atoms with Crippen LogP contribution in [0.1, 0.15) is 16.8 Å². The number of nitrogens with zero attached hydrogens (tertiary/aromatic N) is 6. The molecule has 1 aromatic carbocycles. The van der Waals surface area contributed by atoms with Gasteiger partial charge in [0.25, 0.3) is 0 Å². The lowest BCUT2D eigenvalue weighted by molar-refractivity contribution is -0.207. The van der Waals surface area contributed by atoms with Crippen molar-refractivity contribution in [3.05, 3.63) is 89.6 Å². The molecule has 0 radical (unpaired) electrons. The zero-order chi connectivity index (χ0) is 24.3. The van der Waals surface area contributed by atoms with Crippen LogP contribution in [0.3, 0.4) is 0 Å². The van der Waals surface area contributed by atoms with E-state index >= 15 is 8.78 Å². The van der Waals surface area contributed by atoms with Crippen molar-refractivity contribution < 1.29 is 27.4 Å². The second-order valence-corrected chi connectivity index (χ2v) is 7.34. The Balaban J connectivity index is 1.63. The van der Waals surface area contributed by atoms with Crippen LogP contribution in [-0.4, -0.2) is 35.3 Å². The fourth-order valence-corrected chi connectivity index (χ4v) is 3.21. The molecule has 0 aliphatic rings. The van der Waals surface area contributed by atoms with Gasteiger partial charge in [0.15, 0.2) is 5.60 Å². The van der Waals surface area contributed by atoms with Crippen molar-refractivity contribution in [1.82, 2.24) is 30.2 Å². The maximum Gasteiger partial charge on any atom is 0.323 e. The number of aromatic nitrogens is 6. The number of nitrogens with two attached hydrogens (primary N) is 1.